The molecule has 1 aromatic heterocycles. The predicted octanol–water partition coefficient (Wildman–Crippen LogP) is 1.17. The van der Waals surface area contributed by atoms with Crippen LogP contribution in [-0.4, -0.2) is 18.0 Å². The molecule has 0 saturated heterocycles. The van der Waals surface area contributed by atoms with Crippen molar-refractivity contribution in [3.63, 3.8) is 0 Å². The molecule has 2 N–H and O–H groups in total. The Morgan fingerprint density at radius 3 is 2.75 bits per heavy atom. The fraction of sp³-hybridized carbons (Fsp3) is 0.375. The minimum atomic E-state index is -0.730. The van der Waals surface area contributed by atoms with Crippen LogP contribution in [0.2, 0.25) is 0 Å². The summed E-state index contributed by atoms with van der Waals surface area (Å²) in [5.74, 6) is -0.709. The minimum Gasteiger partial charge on any atom is -0.469 e. The topological polar surface area (TPSA) is 109 Å². The Morgan fingerprint density at radius 1 is 1.69 bits per heavy atom. The molecular weight excluding hydrogens is 240 g/mol. The molecule has 1 aromatic rings. The molecule has 1 atom stereocenters. The van der Waals surface area contributed by atoms with Gasteiger partial charge in [-0.25, -0.2) is 0 Å². The molecule has 0 saturated carbocycles. The van der Waals surface area contributed by atoms with Gasteiger partial charge in [-0.15, -0.1) is 12.4 Å². The van der Waals surface area contributed by atoms with E-state index in [4.69, 9.17) is 10.2 Å². The van der Waals surface area contributed by atoms with Crippen molar-refractivity contribution in [1.29, 1.82) is 0 Å². The highest BCUT2D eigenvalue weighted by Gasteiger charge is 2.19. The Morgan fingerprint density at radius 2 is 2.31 bits per heavy atom. The van der Waals surface area contributed by atoms with Gasteiger partial charge in [-0.3, -0.25) is 14.9 Å². The normalized spacial score (nSPS) is 11.4. The fourth-order valence-electron chi connectivity index (χ4n) is 1.00. The average Bonchev–Trinajstić information content (AvgIpc) is 2.66. The Kier molecular flexibility index (Phi) is 5.48. The van der Waals surface area contributed by atoms with Gasteiger partial charge in [0.25, 0.3) is 0 Å². The summed E-state index contributed by atoms with van der Waals surface area (Å²) in [5.41, 5.74) is 5.57. The maximum Gasteiger partial charge on any atom is 0.433 e. The Labute approximate surface area is 97.1 Å². The number of esters is 1. The number of nitro groups is 1. The molecule has 0 aliphatic heterocycles. The van der Waals surface area contributed by atoms with Gasteiger partial charge in [0.05, 0.1) is 25.6 Å². The Balaban J connectivity index is 0.00000225. The summed E-state index contributed by atoms with van der Waals surface area (Å²) in [4.78, 5) is 20.5. The highest BCUT2D eigenvalue weighted by atomic mass is 35.5. The first-order chi connectivity index (χ1) is 7.04. The van der Waals surface area contributed by atoms with Crippen molar-refractivity contribution in [1.82, 2.24) is 0 Å². The molecular formula is C8H11ClN2O5. The summed E-state index contributed by atoms with van der Waals surface area (Å²) >= 11 is 0. The molecule has 0 spiro atoms. The third kappa shape index (κ3) is 3.52. The van der Waals surface area contributed by atoms with Crippen molar-refractivity contribution >= 4 is 24.3 Å². The number of hydrogen-bond donors (Lipinski definition) is 1. The molecule has 0 amide bonds. The van der Waals surface area contributed by atoms with E-state index in [1.807, 2.05) is 0 Å². The number of carbonyl (C=O) groups excluding carboxylic acids is 1. The Bertz CT molecular complexity index is 378. The number of hydrogen-bond acceptors (Lipinski definition) is 6. The van der Waals surface area contributed by atoms with Gasteiger partial charge in [0.2, 0.25) is 0 Å². The zero-order valence-corrected chi connectivity index (χ0v) is 9.23. The molecule has 0 unspecified atom stereocenters. The van der Waals surface area contributed by atoms with Crippen molar-refractivity contribution in [2.24, 2.45) is 5.73 Å². The Hall–Kier alpha value is -1.60. The van der Waals surface area contributed by atoms with E-state index in [9.17, 15) is 14.9 Å². The second kappa shape index (κ2) is 6.09. The second-order valence-corrected chi connectivity index (χ2v) is 2.82. The third-order valence-corrected chi connectivity index (χ3v) is 1.77. The van der Waals surface area contributed by atoms with E-state index >= 15 is 0 Å². The predicted molar refractivity (Wildman–Crippen MR) is 56.2 cm³/mol. The molecule has 0 fully saturated rings. The largest absolute Gasteiger partial charge is 0.469 e. The van der Waals surface area contributed by atoms with Gasteiger partial charge in [-0.1, -0.05) is 0 Å². The molecule has 16 heavy (non-hydrogen) atoms. The van der Waals surface area contributed by atoms with Crippen molar-refractivity contribution < 1.29 is 18.9 Å². The number of nitrogens with zero attached hydrogens (tertiary/aromatic N) is 1. The highest BCUT2D eigenvalue weighted by molar-refractivity contribution is 5.85. The standard InChI is InChI=1S/C8H10N2O5.ClH/c1-14-8(11)4-5(9)6-2-3-7(15-6)10(12)13;/h2-3,5H,4,9H2,1H3;1H/t5-;/m0./s1. The van der Waals surface area contributed by atoms with E-state index in [2.05, 4.69) is 4.74 Å². The van der Waals surface area contributed by atoms with Gasteiger partial charge in [0, 0.05) is 0 Å². The van der Waals surface area contributed by atoms with Crippen LogP contribution in [0.3, 0.4) is 0 Å². The molecule has 0 radical (unpaired) electrons. The molecule has 0 aliphatic carbocycles. The molecule has 90 valence electrons. The van der Waals surface area contributed by atoms with E-state index in [0.29, 0.717) is 0 Å². The monoisotopic (exact) mass is 250 g/mol. The zero-order chi connectivity index (χ0) is 11.4. The second-order valence-electron chi connectivity index (χ2n) is 2.82. The van der Waals surface area contributed by atoms with Crippen molar-refractivity contribution in [3.8, 4) is 0 Å². The van der Waals surface area contributed by atoms with Crippen LogP contribution in [0.4, 0.5) is 5.88 Å². The first-order valence-electron chi connectivity index (χ1n) is 4.11. The molecule has 0 bridgehead atoms. The van der Waals surface area contributed by atoms with Crippen LogP contribution < -0.4 is 5.73 Å². The lowest BCUT2D eigenvalue weighted by atomic mass is 10.2. The highest BCUT2D eigenvalue weighted by Crippen LogP contribution is 2.22. The van der Waals surface area contributed by atoms with Gasteiger partial charge in [-0.05, 0) is 6.07 Å². The molecule has 1 heterocycles. The molecule has 1 rings (SSSR count). The van der Waals surface area contributed by atoms with Crippen LogP contribution >= 0.6 is 12.4 Å². The van der Waals surface area contributed by atoms with Crippen molar-refractivity contribution in [2.45, 2.75) is 12.5 Å². The number of nitrogens with two attached hydrogens (primary N) is 1. The third-order valence-electron chi connectivity index (χ3n) is 1.77. The summed E-state index contributed by atoms with van der Waals surface area (Å²) in [6.07, 6.45) is -0.0822. The number of carbonyl (C=O) groups is 1. The fourth-order valence-corrected chi connectivity index (χ4v) is 1.00. The maximum absolute atomic E-state index is 10.9. The number of furan rings is 1. The van der Waals surface area contributed by atoms with Gasteiger partial charge in [-0.2, -0.15) is 0 Å². The maximum atomic E-state index is 10.9. The van der Waals surface area contributed by atoms with Crippen molar-refractivity contribution in [3.05, 3.63) is 28.0 Å². The van der Waals surface area contributed by atoms with Gasteiger partial charge in [0.15, 0.2) is 0 Å². The quantitative estimate of drug-likeness (QED) is 0.488. The lowest BCUT2D eigenvalue weighted by molar-refractivity contribution is -0.402. The summed E-state index contributed by atoms with van der Waals surface area (Å²) < 4.78 is 9.22. The summed E-state index contributed by atoms with van der Waals surface area (Å²) in [6, 6.07) is 1.82. The van der Waals surface area contributed by atoms with E-state index in [1.54, 1.807) is 0 Å². The van der Waals surface area contributed by atoms with Crippen LogP contribution in [0.15, 0.2) is 16.5 Å². The van der Waals surface area contributed by atoms with Crippen molar-refractivity contribution in [2.75, 3.05) is 7.11 Å². The lowest BCUT2D eigenvalue weighted by Crippen LogP contribution is -2.15. The zero-order valence-electron chi connectivity index (χ0n) is 8.41. The summed E-state index contributed by atoms with van der Waals surface area (Å²) in [7, 11) is 1.24. The number of ether oxygens (including phenoxy) is 1. The summed E-state index contributed by atoms with van der Waals surface area (Å²) in [5, 5.41) is 10.3. The van der Waals surface area contributed by atoms with E-state index in [0.717, 1.165) is 0 Å². The van der Waals surface area contributed by atoms with Gasteiger partial charge >= 0.3 is 11.9 Å². The molecule has 0 aliphatic rings. The molecule has 8 heteroatoms. The SMILES string of the molecule is COC(=O)C[C@H](N)c1ccc([N+](=O)[O-])o1.Cl. The number of methoxy groups -OCH3 is 1. The van der Waals surface area contributed by atoms with Gasteiger partial charge in [0.1, 0.15) is 10.7 Å². The lowest BCUT2D eigenvalue weighted by Gasteiger charge is -2.05. The smallest absolute Gasteiger partial charge is 0.433 e. The van der Waals surface area contributed by atoms with E-state index < -0.39 is 22.8 Å². The number of rotatable bonds is 4. The van der Waals surface area contributed by atoms with E-state index in [1.165, 1.54) is 19.2 Å². The van der Waals surface area contributed by atoms with Crippen LogP contribution in [0.25, 0.3) is 0 Å². The van der Waals surface area contributed by atoms with Crippen LogP contribution in [0, 0.1) is 10.1 Å². The van der Waals surface area contributed by atoms with Crippen LogP contribution in [0.1, 0.15) is 18.2 Å². The first kappa shape index (κ1) is 14.4. The van der Waals surface area contributed by atoms with Crippen LogP contribution in [-0.2, 0) is 9.53 Å². The van der Waals surface area contributed by atoms with Gasteiger partial charge < -0.3 is 14.9 Å². The minimum absolute atomic E-state index is 0. The number of halogens is 1. The first-order valence-corrected chi connectivity index (χ1v) is 4.11. The van der Waals surface area contributed by atoms with E-state index in [-0.39, 0.29) is 24.6 Å². The average molecular weight is 251 g/mol. The van der Waals surface area contributed by atoms with Crippen LogP contribution in [0.5, 0.6) is 0 Å². The molecule has 7 nitrogen and oxygen atoms in total. The summed E-state index contributed by atoms with van der Waals surface area (Å²) in [6.45, 7) is 0. The molecule has 0 aromatic carbocycles.